The average Bonchev–Trinajstić information content (AvgIpc) is 2.66. The zero-order chi connectivity index (χ0) is 20.9. The van der Waals surface area contributed by atoms with E-state index in [0.717, 1.165) is 26.5 Å². The molecule has 0 aliphatic heterocycles. The zero-order valence-corrected chi connectivity index (χ0v) is 18.2. The first-order valence-corrected chi connectivity index (χ1v) is 10.8. The third-order valence-corrected chi connectivity index (χ3v) is 6.63. The number of hydrogen-bond acceptors (Lipinski definition) is 4. The van der Waals surface area contributed by atoms with E-state index in [0.29, 0.717) is 0 Å². The molecule has 0 fully saturated rings. The quantitative estimate of drug-likeness (QED) is 0.637. The summed E-state index contributed by atoms with van der Waals surface area (Å²) in [6.45, 7) is 3.07. The van der Waals surface area contributed by atoms with Crippen molar-refractivity contribution in [1.29, 1.82) is 0 Å². The molecule has 1 unspecified atom stereocenters. The molecule has 0 aromatic heterocycles. The first-order valence-electron chi connectivity index (χ1n) is 8.57. The molecule has 9 heteroatoms. The molecule has 0 spiro atoms. The molecule has 2 aromatic carbocycles. The number of carbonyl (C=O) groups excluding carboxylic acids is 1. The number of halogens is 2. The summed E-state index contributed by atoms with van der Waals surface area (Å²) >= 11 is 3.35. The molecule has 1 N–H and O–H groups in total. The number of nitrogens with one attached hydrogen (secondary N) is 1. The van der Waals surface area contributed by atoms with Gasteiger partial charge in [-0.3, -0.25) is 4.79 Å². The number of amides is 1. The molecule has 0 bridgehead atoms. The normalized spacial score (nSPS) is 12.6. The van der Waals surface area contributed by atoms with Gasteiger partial charge in [0.05, 0.1) is 19.7 Å². The molecular formula is C19H22BrFN2O4S. The summed E-state index contributed by atoms with van der Waals surface area (Å²) in [6, 6.07) is 10.4. The van der Waals surface area contributed by atoms with Gasteiger partial charge in [0.1, 0.15) is 16.5 Å². The minimum Gasteiger partial charge on any atom is -0.495 e. The summed E-state index contributed by atoms with van der Waals surface area (Å²) in [4.78, 5) is 12.1. The maximum absolute atomic E-state index is 13.6. The molecule has 1 amide bonds. The number of methoxy groups -OCH3 is 1. The second kappa shape index (κ2) is 9.49. The number of carbonyl (C=O) groups is 1. The topological polar surface area (TPSA) is 75.7 Å². The van der Waals surface area contributed by atoms with Crippen LogP contribution in [0.4, 0.5) is 4.39 Å². The van der Waals surface area contributed by atoms with Crippen LogP contribution in [0.3, 0.4) is 0 Å². The Bertz CT molecular complexity index is 935. The van der Waals surface area contributed by atoms with Crippen LogP contribution in [0.25, 0.3) is 0 Å². The molecule has 0 aliphatic rings. The lowest BCUT2D eigenvalue weighted by atomic mass is 10.1. The Morgan fingerprint density at radius 3 is 2.46 bits per heavy atom. The van der Waals surface area contributed by atoms with Crippen LogP contribution in [0.1, 0.15) is 25.5 Å². The van der Waals surface area contributed by atoms with E-state index in [9.17, 15) is 17.6 Å². The van der Waals surface area contributed by atoms with Crippen molar-refractivity contribution >= 4 is 31.9 Å². The van der Waals surface area contributed by atoms with E-state index >= 15 is 0 Å². The van der Waals surface area contributed by atoms with E-state index < -0.39 is 21.7 Å². The third-order valence-electron chi connectivity index (χ3n) is 4.16. The van der Waals surface area contributed by atoms with Crippen molar-refractivity contribution in [3.8, 4) is 5.75 Å². The third kappa shape index (κ3) is 5.30. The highest BCUT2D eigenvalue weighted by atomic mass is 79.9. The lowest BCUT2D eigenvalue weighted by molar-refractivity contribution is -0.121. The predicted octanol–water partition coefficient (Wildman–Crippen LogP) is 3.48. The summed E-state index contributed by atoms with van der Waals surface area (Å²) < 4.78 is 46.4. The van der Waals surface area contributed by atoms with E-state index in [-0.39, 0.29) is 29.8 Å². The molecule has 0 radical (unpaired) electrons. The van der Waals surface area contributed by atoms with E-state index in [1.165, 1.54) is 13.2 Å². The first-order chi connectivity index (χ1) is 13.2. The van der Waals surface area contributed by atoms with Gasteiger partial charge in [-0.05, 0) is 42.8 Å². The maximum atomic E-state index is 13.6. The van der Waals surface area contributed by atoms with Gasteiger partial charge >= 0.3 is 0 Å². The second-order valence-electron chi connectivity index (χ2n) is 6.07. The summed E-state index contributed by atoms with van der Waals surface area (Å²) in [5.74, 6) is -1.15. The molecule has 0 saturated carbocycles. The van der Waals surface area contributed by atoms with Crippen LogP contribution in [0, 0.1) is 5.82 Å². The van der Waals surface area contributed by atoms with Crippen LogP contribution >= 0.6 is 15.9 Å². The van der Waals surface area contributed by atoms with Gasteiger partial charge < -0.3 is 10.1 Å². The largest absolute Gasteiger partial charge is 0.495 e. The molecule has 2 aromatic rings. The molecule has 0 saturated heterocycles. The minimum atomic E-state index is -4.12. The van der Waals surface area contributed by atoms with Gasteiger partial charge in [-0.1, -0.05) is 35.0 Å². The monoisotopic (exact) mass is 472 g/mol. The van der Waals surface area contributed by atoms with E-state index in [1.54, 1.807) is 6.92 Å². The van der Waals surface area contributed by atoms with Crippen LogP contribution in [-0.2, 0) is 14.8 Å². The van der Waals surface area contributed by atoms with Gasteiger partial charge in [0, 0.05) is 11.0 Å². The molecular weight excluding hydrogens is 451 g/mol. The van der Waals surface area contributed by atoms with Crippen molar-refractivity contribution in [1.82, 2.24) is 9.62 Å². The van der Waals surface area contributed by atoms with Crippen LogP contribution in [0.2, 0.25) is 0 Å². The molecule has 1 atom stereocenters. The smallest absolute Gasteiger partial charge is 0.247 e. The number of rotatable bonds is 8. The Balaban J connectivity index is 2.17. The number of likely N-dealkylation sites (N-methyl/N-ethyl adjacent to an activating group) is 1. The Morgan fingerprint density at radius 2 is 1.89 bits per heavy atom. The van der Waals surface area contributed by atoms with Crippen LogP contribution in [-0.4, -0.2) is 38.8 Å². The predicted molar refractivity (Wildman–Crippen MR) is 108 cm³/mol. The Hall–Kier alpha value is -1.97. The summed E-state index contributed by atoms with van der Waals surface area (Å²) in [5, 5.41) is 2.78. The van der Waals surface area contributed by atoms with Crippen molar-refractivity contribution in [2.24, 2.45) is 0 Å². The van der Waals surface area contributed by atoms with E-state index in [4.69, 9.17) is 4.74 Å². The van der Waals surface area contributed by atoms with Crippen molar-refractivity contribution < 1.29 is 22.3 Å². The van der Waals surface area contributed by atoms with Crippen molar-refractivity contribution in [2.75, 3.05) is 20.2 Å². The van der Waals surface area contributed by atoms with Gasteiger partial charge in [-0.25, -0.2) is 12.8 Å². The van der Waals surface area contributed by atoms with Crippen LogP contribution in [0.15, 0.2) is 51.8 Å². The minimum absolute atomic E-state index is 0.0171. The average molecular weight is 473 g/mol. The standard InChI is InChI=1S/C19H22BrFN2O4S/c1-4-23(28(25,26)18-11-16(21)9-10-17(18)27-3)12-19(24)22-13(2)14-5-7-15(20)8-6-14/h5-11,13H,4,12H2,1-3H3,(H,22,24). The van der Waals surface area contributed by atoms with Crippen LogP contribution < -0.4 is 10.1 Å². The molecule has 0 heterocycles. The lowest BCUT2D eigenvalue weighted by Crippen LogP contribution is -2.41. The van der Waals surface area contributed by atoms with Crippen molar-refractivity contribution in [2.45, 2.75) is 24.8 Å². The van der Waals surface area contributed by atoms with Gasteiger partial charge in [-0.15, -0.1) is 0 Å². The lowest BCUT2D eigenvalue weighted by Gasteiger charge is -2.22. The van der Waals surface area contributed by atoms with E-state index in [1.807, 2.05) is 31.2 Å². The highest BCUT2D eigenvalue weighted by molar-refractivity contribution is 9.10. The number of benzene rings is 2. The van der Waals surface area contributed by atoms with Gasteiger partial charge in [0.25, 0.3) is 0 Å². The number of sulfonamides is 1. The fourth-order valence-electron chi connectivity index (χ4n) is 2.64. The fourth-order valence-corrected chi connectivity index (χ4v) is 4.48. The number of ether oxygens (including phenoxy) is 1. The number of hydrogen-bond donors (Lipinski definition) is 1. The molecule has 28 heavy (non-hydrogen) atoms. The zero-order valence-electron chi connectivity index (χ0n) is 15.8. The van der Waals surface area contributed by atoms with Crippen molar-refractivity contribution in [3.63, 3.8) is 0 Å². The van der Waals surface area contributed by atoms with Gasteiger partial charge in [-0.2, -0.15) is 4.31 Å². The molecule has 0 aliphatic carbocycles. The fraction of sp³-hybridized carbons (Fsp3) is 0.316. The van der Waals surface area contributed by atoms with Gasteiger partial charge in [0.2, 0.25) is 15.9 Å². The Morgan fingerprint density at radius 1 is 1.25 bits per heavy atom. The van der Waals surface area contributed by atoms with Crippen LogP contribution in [0.5, 0.6) is 5.75 Å². The Kier molecular flexibility index (Phi) is 7.56. The summed E-state index contributed by atoms with van der Waals surface area (Å²) in [6.07, 6.45) is 0. The maximum Gasteiger partial charge on any atom is 0.247 e. The SMILES string of the molecule is CCN(CC(=O)NC(C)c1ccc(Br)cc1)S(=O)(=O)c1cc(F)ccc1OC. The molecule has 152 valence electrons. The highest BCUT2D eigenvalue weighted by Crippen LogP contribution is 2.27. The molecule has 6 nitrogen and oxygen atoms in total. The van der Waals surface area contributed by atoms with Crippen molar-refractivity contribution in [3.05, 3.63) is 58.3 Å². The first kappa shape index (κ1) is 22.3. The summed E-state index contributed by atoms with van der Waals surface area (Å²) in [5.41, 5.74) is 0.884. The van der Waals surface area contributed by atoms with Gasteiger partial charge in [0.15, 0.2) is 0 Å². The Labute approximate surface area is 172 Å². The number of nitrogens with zero attached hydrogens (tertiary/aromatic N) is 1. The highest BCUT2D eigenvalue weighted by Gasteiger charge is 2.29. The van der Waals surface area contributed by atoms with E-state index in [2.05, 4.69) is 21.2 Å². The summed E-state index contributed by atoms with van der Waals surface area (Å²) in [7, 11) is -2.82. The molecule has 2 rings (SSSR count). The second-order valence-corrected chi connectivity index (χ2v) is 8.89.